The van der Waals surface area contributed by atoms with E-state index in [1.54, 1.807) is 0 Å². The molecule has 0 spiro atoms. The molecule has 6 heteroatoms. The Morgan fingerprint density at radius 3 is 2.29 bits per heavy atom. The van der Waals surface area contributed by atoms with E-state index < -0.39 is 0 Å². The summed E-state index contributed by atoms with van der Waals surface area (Å²) in [5.41, 5.74) is 0. The van der Waals surface area contributed by atoms with Crippen LogP contribution in [0.25, 0.3) is 0 Å². The zero-order valence-corrected chi connectivity index (χ0v) is 9.64. The van der Waals surface area contributed by atoms with Crippen LogP contribution in [0.3, 0.4) is 0 Å². The van der Waals surface area contributed by atoms with Crippen LogP contribution in [0, 0.1) is 5.82 Å². The molecule has 1 aromatic heterocycles. The number of hydrogen-bond donors (Lipinski definition) is 1. The van der Waals surface area contributed by atoms with Crippen molar-refractivity contribution in [3.05, 3.63) is 18.2 Å². The van der Waals surface area contributed by atoms with Crippen molar-refractivity contribution in [1.29, 1.82) is 0 Å². The monoisotopic (exact) mass is 237 g/mol. The Kier molecular flexibility index (Phi) is 2.90. The molecule has 0 aliphatic carbocycles. The first-order chi connectivity index (χ1) is 8.33. The van der Waals surface area contributed by atoms with Gasteiger partial charge in [0, 0.05) is 45.3 Å². The molecular weight excluding hydrogens is 221 g/mol. The number of aromatic nitrogens is 2. The van der Waals surface area contributed by atoms with Crippen LogP contribution in [-0.4, -0.2) is 60.2 Å². The van der Waals surface area contributed by atoms with Crippen molar-refractivity contribution in [2.75, 3.05) is 44.2 Å². The molecule has 2 saturated heterocycles. The fourth-order valence-electron chi connectivity index (χ4n) is 2.29. The Morgan fingerprint density at radius 2 is 1.76 bits per heavy atom. The van der Waals surface area contributed by atoms with Crippen LogP contribution in [-0.2, 0) is 0 Å². The molecular formula is C11H16FN5. The summed E-state index contributed by atoms with van der Waals surface area (Å²) in [5, 5.41) is 3.29. The van der Waals surface area contributed by atoms with E-state index in [-0.39, 0.29) is 5.82 Å². The summed E-state index contributed by atoms with van der Waals surface area (Å²) in [7, 11) is 0. The van der Waals surface area contributed by atoms with Gasteiger partial charge in [-0.05, 0) is 0 Å². The van der Waals surface area contributed by atoms with Crippen molar-refractivity contribution in [1.82, 2.24) is 20.2 Å². The molecule has 17 heavy (non-hydrogen) atoms. The zero-order valence-electron chi connectivity index (χ0n) is 9.64. The molecule has 3 heterocycles. The molecule has 0 bridgehead atoms. The fraction of sp³-hybridized carbons (Fsp3) is 0.636. The standard InChI is InChI=1S/C11H16FN5/c12-9-5-14-11(15-6-9)17-3-1-16(2-4-17)10-7-13-8-10/h5-6,10,13H,1-4,7-8H2. The highest BCUT2D eigenvalue weighted by Crippen LogP contribution is 2.13. The number of nitrogens with one attached hydrogen (secondary N) is 1. The van der Waals surface area contributed by atoms with E-state index >= 15 is 0 Å². The van der Waals surface area contributed by atoms with Crippen LogP contribution >= 0.6 is 0 Å². The van der Waals surface area contributed by atoms with Crippen LogP contribution in [0.5, 0.6) is 0 Å². The summed E-state index contributed by atoms with van der Waals surface area (Å²) in [6.07, 6.45) is 2.45. The second kappa shape index (κ2) is 4.54. The third-order valence-corrected chi connectivity index (χ3v) is 3.48. The molecule has 0 atom stereocenters. The van der Waals surface area contributed by atoms with E-state index in [1.807, 2.05) is 0 Å². The van der Waals surface area contributed by atoms with Gasteiger partial charge in [0.25, 0.3) is 0 Å². The second-order valence-corrected chi connectivity index (χ2v) is 4.54. The molecule has 1 N–H and O–H groups in total. The maximum absolute atomic E-state index is 12.7. The van der Waals surface area contributed by atoms with E-state index in [2.05, 4.69) is 25.1 Å². The summed E-state index contributed by atoms with van der Waals surface area (Å²) in [6, 6.07) is 0.700. The largest absolute Gasteiger partial charge is 0.338 e. The van der Waals surface area contributed by atoms with Crippen molar-refractivity contribution in [3.8, 4) is 0 Å². The van der Waals surface area contributed by atoms with E-state index in [9.17, 15) is 4.39 Å². The molecule has 3 rings (SSSR count). The number of hydrogen-bond acceptors (Lipinski definition) is 5. The molecule has 0 amide bonds. The van der Waals surface area contributed by atoms with Crippen molar-refractivity contribution in [2.45, 2.75) is 6.04 Å². The minimum absolute atomic E-state index is 0.382. The number of rotatable bonds is 2. The number of piperazine rings is 1. The molecule has 0 radical (unpaired) electrons. The van der Waals surface area contributed by atoms with Crippen molar-refractivity contribution < 1.29 is 4.39 Å². The summed E-state index contributed by atoms with van der Waals surface area (Å²) < 4.78 is 12.7. The lowest BCUT2D eigenvalue weighted by molar-refractivity contribution is 0.137. The molecule has 0 aromatic carbocycles. The van der Waals surface area contributed by atoms with Crippen LogP contribution in [0.15, 0.2) is 12.4 Å². The van der Waals surface area contributed by atoms with Crippen LogP contribution < -0.4 is 10.2 Å². The van der Waals surface area contributed by atoms with Gasteiger partial charge in [-0.25, -0.2) is 14.4 Å². The Bertz CT molecular complexity index is 370. The third-order valence-electron chi connectivity index (χ3n) is 3.48. The first-order valence-corrected chi connectivity index (χ1v) is 6.00. The van der Waals surface area contributed by atoms with Crippen molar-refractivity contribution in [2.24, 2.45) is 0 Å². The van der Waals surface area contributed by atoms with Gasteiger partial charge < -0.3 is 10.2 Å². The number of anilines is 1. The maximum atomic E-state index is 12.7. The molecule has 92 valence electrons. The molecule has 0 saturated carbocycles. The van der Waals surface area contributed by atoms with Gasteiger partial charge in [0.15, 0.2) is 5.82 Å². The predicted octanol–water partition coefficient (Wildman–Crippen LogP) is -0.290. The molecule has 0 unspecified atom stereocenters. The van der Waals surface area contributed by atoms with Gasteiger partial charge >= 0.3 is 0 Å². The van der Waals surface area contributed by atoms with Gasteiger partial charge in [0.05, 0.1) is 12.4 Å². The Balaban J connectivity index is 1.58. The lowest BCUT2D eigenvalue weighted by Crippen LogP contribution is -2.61. The van der Waals surface area contributed by atoms with Gasteiger partial charge in [0.1, 0.15) is 0 Å². The first kappa shape index (κ1) is 10.9. The smallest absolute Gasteiger partial charge is 0.225 e. The highest BCUT2D eigenvalue weighted by molar-refractivity contribution is 5.29. The summed E-state index contributed by atoms with van der Waals surface area (Å²) in [6.45, 7) is 6.12. The molecule has 2 fully saturated rings. The zero-order chi connectivity index (χ0) is 11.7. The first-order valence-electron chi connectivity index (χ1n) is 6.00. The molecule has 1 aromatic rings. The van der Waals surface area contributed by atoms with Crippen molar-refractivity contribution >= 4 is 5.95 Å². The Labute approximate surface area is 99.6 Å². The molecule has 2 aliphatic rings. The minimum atomic E-state index is -0.382. The van der Waals surface area contributed by atoms with Crippen LogP contribution in [0.4, 0.5) is 10.3 Å². The average molecular weight is 237 g/mol. The summed E-state index contributed by atoms with van der Waals surface area (Å²) in [5.74, 6) is 0.255. The Morgan fingerprint density at radius 1 is 1.12 bits per heavy atom. The SMILES string of the molecule is Fc1cnc(N2CCN(C3CNC3)CC2)nc1. The maximum Gasteiger partial charge on any atom is 0.225 e. The van der Waals surface area contributed by atoms with Crippen molar-refractivity contribution in [3.63, 3.8) is 0 Å². The molecule has 5 nitrogen and oxygen atoms in total. The summed E-state index contributed by atoms with van der Waals surface area (Å²) >= 11 is 0. The fourth-order valence-corrected chi connectivity index (χ4v) is 2.29. The number of halogens is 1. The lowest BCUT2D eigenvalue weighted by Gasteiger charge is -2.43. The third kappa shape index (κ3) is 2.23. The van der Waals surface area contributed by atoms with Gasteiger partial charge in [-0.1, -0.05) is 0 Å². The van der Waals surface area contributed by atoms with Gasteiger partial charge in [-0.2, -0.15) is 0 Å². The van der Waals surface area contributed by atoms with E-state index in [0.717, 1.165) is 39.3 Å². The molecule has 2 aliphatic heterocycles. The Hall–Kier alpha value is -1.27. The highest BCUT2D eigenvalue weighted by atomic mass is 19.1. The highest BCUT2D eigenvalue weighted by Gasteiger charge is 2.28. The van der Waals surface area contributed by atoms with Gasteiger partial charge in [-0.15, -0.1) is 0 Å². The van der Waals surface area contributed by atoms with Gasteiger partial charge in [-0.3, -0.25) is 4.90 Å². The quantitative estimate of drug-likeness (QED) is 0.766. The second-order valence-electron chi connectivity index (χ2n) is 4.54. The van der Waals surface area contributed by atoms with E-state index in [1.165, 1.54) is 12.4 Å². The topological polar surface area (TPSA) is 44.3 Å². The minimum Gasteiger partial charge on any atom is -0.338 e. The van der Waals surface area contributed by atoms with Crippen LogP contribution in [0.1, 0.15) is 0 Å². The van der Waals surface area contributed by atoms with Crippen LogP contribution in [0.2, 0.25) is 0 Å². The van der Waals surface area contributed by atoms with E-state index in [4.69, 9.17) is 0 Å². The average Bonchev–Trinajstić information content (AvgIpc) is 2.29. The predicted molar refractivity (Wildman–Crippen MR) is 62.4 cm³/mol. The lowest BCUT2D eigenvalue weighted by atomic mass is 10.1. The van der Waals surface area contributed by atoms with E-state index in [0.29, 0.717) is 12.0 Å². The van der Waals surface area contributed by atoms with Gasteiger partial charge in [0.2, 0.25) is 5.95 Å². The summed E-state index contributed by atoms with van der Waals surface area (Å²) in [4.78, 5) is 12.6. The normalized spacial score (nSPS) is 22.5. The number of nitrogens with zero attached hydrogens (tertiary/aromatic N) is 4.